The van der Waals surface area contributed by atoms with E-state index in [1.165, 1.54) is 5.56 Å². The molecule has 1 fully saturated rings. The smallest absolute Gasteiger partial charge is 0.305 e. The third kappa shape index (κ3) is 2.91. The van der Waals surface area contributed by atoms with Crippen molar-refractivity contribution < 1.29 is 9.90 Å². The van der Waals surface area contributed by atoms with Crippen molar-refractivity contribution in [3.8, 4) is 0 Å². The summed E-state index contributed by atoms with van der Waals surface area (Å²) in [6.45, 7) is 2.25. The van der Waals surface area contributed by atoms with Crippen molar-refractivity contribution in [2.75, 3.05) is 20.1 Å². The van der Waals surface area contributed by atoms with E-state index in [1.54, 1.807) is 0 Å². The number of benzene rings is 1. The average molecular weight is 313 g/mol. The molecule has 0 spiro atoms. The van der Waals surface area contributed by atoms with Crippen molar-refractivity contribution >= 4 is 21.9 Å². The molecule has 2 rings (SSSR count). The first-order valence-electron chi connectivity index (χ1n) is 5.90. The van der Waals surface area contributed by atoms with Crippen LogP contribution in [0.2, 0.25) is 0 Å². The fourth-order valence-corrected chi connectivity index (χ4v) is 2.52. The molecule has 1 aliphatic heterocycles. The molecule has 2 N–H and O–H groups in total. The third-order valence-electron chi connectivity index (χ3n) is 3.53. The fraction of sp³-hybridized carbons (Fsp3) is 0.462. The molecule has 0 atom stereocenters. The second-order valence-electron chi connectivity index (χ2n) is 4.88. The molecule has 0 saturated carbocycles. The van der Waals surface area contributed by atoms with Crippen molar-refractivity contribution in [1.29, 1.82) is 0 Å². The number of carboxylic acid groups (broad SMARTS) is 1. The van der Waals surface area contributed by atoms with E-state index < -0.39 is 5.97 Å². The lowest BCUT2D eigenvalue weighted by Crippen LogP contribution is -2.68. The molecule has 0 aromatic heterocycles. The van der Waals surface area contributed by atoms with Gasteiger partial charge in [0.15, 0.2) is 0 Å². The van der Waals surface area contributed by atoms with Crippen LogP contribution in [0.4, 0.5) is 0 Å². The van der Waals surface area contributed by atoms with Gasteiger partial charge in [0.1, 0.15) is 0 Å². The molecular weight excluding hydrogens is 296 g/mol. The molecule has 0 bridgehead atoms. The summed E-state index contributed by atoms with van der Waals surface area (Å²) in [6, 6.07) is 8.13. The summed E-state index contributed by atoms with van der Waals surface area (Å²) in [5.74, 6) is -0.737. The van der Waals surface area contributed by atoms with Gasteiger partial charge < -0.3 is 10.4 Å². The zero-order valence-electron chi connectivity index (χ0n) is 10.3. The van der Waals surface area contributed by atoms with E-state index in [0.717, 1.165) is 24.1 Å². The van der Waals surface area contributed by atoms with Crippen LogP contribution in [0.1, 0.15) is 12.0 Å². The number of halogens is 1. The Bertz CT molecular complexity index is 429. The summed E-state index contributed by atoms with van der Waals surface area (Å²) in [4.78, 5) is 13.1. The minimum atomic E-state index is -0.737. The molecule has 5 heteroatoms. The maximum atomic E-state index is 10.9. The van der Waals surface area contributed by atoms with Crippen molar-refractivity contribution in [2.45, 2.75) is 18.5 Å². The van der Waals surface area contributed by atoms with Crippen LogP contribution >= 0.6 is 15.9 Å². The Hall–Kier alpha value is -0.910. The Morgan fingerprint density at radius 3 is 2.50 bits per heavy atom. The zero-order chi connectivity index (χ0) is 13.2. The van der Waals surface area contributed by atoms with Crippen molar-refractivity contribution in [3.05, 3.63) is 34.3 Å². The first-order chi connectivity index (χ1) is 8.52. The fourth-order valence-electron chi connectivity index (χ4n) is 2.26. The molecular formula is C13H17BrN2O2. The zero-order valence-corrected chi connectivity index (χ0v) is 11.9. The van der Waals surface area contributed by atoms with Crippen molar-refractivity contribution in [3.63, 3.8) is 0 Å². The number of hydrogen-bond acceptors (Lipinski definition) is 3. The summed E-state index contributed by atoms with van der Waals surface area (Å²) in [6.07, 6.45) is 0.188. The van der Waals surface area contributed by atoms with Crippen LogP contribution in [-0.4, -0.2) is 41.7 Å². The molecule has 1 saturated heterocycles. The highest BCUT2D eigenvalue weighted by Crippen LogP contribution is 2.25. The minimum absolute atomic E-state index is 0.188. The predicted molar refractivity (Wildman–Crippen MR) is 73.5 cm³/mol. The lowest BCUT2D eigenvalue weighted by molar-refractivity contribution is -0.141. The van der Waals surface area contributed by atoms with E-state index in [2.05, 4.69) is 38.3 Å². The highest BCUT2D eigenvalue weighted by atomic mass is 79.9. The molecule has 98 valence electrons. The molecule has 1 aromatic carbocycles. The van der Waals surface area contributed by atoms with Crippen LogP contribution < -0.4 is 5.32 Å². The van der Waals surface area contributed by atoms with Gasteiger partial charge in [0.05, 0.1) is 12.0 Å². The topological polar surface area (TPSA) is 52.6 Å². The molecule has 0 unspecified atom stereocenters. The molecule has 0 radical (unpaired) electrons. The highest BCUT2D eigenvalue weighted by Gasteiger charge is 2.42. The molecule has 0 aliphatic carbocycles. The van der Waals surface area contributed by atoms with Gasteiger partial charge in [-0.1, -0.05) is 28.1 Å². The van der Waals surface area contributed by atoms with Crippen molar-refractivity contribution in [1.82, 2.24) is 10.2 Å². The van der Waals surface area contributed by atoms with Crippen LogP contribution in [-0.2, 0) is 11.3 Å². The molecule has 0 amide bonds. The van der Waals surface area contributed by atoms with Gasteiger partial charge >= 0.3 is 5.97 Å². The third-order valence-corrected chi connectivity index (χ3v) is 4.06. The van der Waals surface area contributed by atoms with E-state index in [4.69, 9.17) is 5.11 Å². The number of nitrogens with zero attached hydrogens (tertiary/aromatic N) is 1. The van der Waals surface area contributed by atoms with Crippen LogP contribution in [0.25, 0.3) is 0 Å². The SMILES string of the molecule is CN(Cc1ccc(Br)cc1)C1(CC(=O)O)CNC1. The highest BCUT2D eigenvalue weighted by molar-refractivity contribution is 9.10. The first-order valence-corrected chi connectivity index (χ1v) is 6.69. The number of carbonyl (C=O) groups is 1. The van der Waals surface area contributed by atoms with Crippen LogP contribution in [0.3, 0.4) is 0 Å². The van der Waals surface area contributed by atoms with E-state index >= 15 is 0 Å². The molecule has 4 nitrogen and oxygen atoms in total. The van der Waals surface area contributed by atoms with E-state index in [1.807, 2.05) is 19.2 Å². The summed E-state index contributed by atoms with van der Waals surface area (Å²) >= 11 is 3.41. The van der Waals surface area contributed by atoms with Gasteiger partial charge in [-0.05, 0) is 24.7 Å². The standard InChI is InChI=1S/C13H17BrN2O2/c1-16(7-10-2-4-11(14)5-3-10)13(6-12(17)18)8-15-9-13/h2-5,15H,6-9H2,1H3,(H,17,18). The lowest BCUT2D eigenvalue weighted by atomic mass is 9.86. The predicted octanol–water partition coefficient (Wildman–Crippen LogP) is 1.70. The number of hydrogen-bond donors (Lipinski definition) is 2. The molecule has 18 heavy (non-hydrogen) atoms. The summed E-state index contributed by atoms with van der Waals surface area (Å²) < 4.78 is 1.06. The summed E-state index contributed by atoms with van der Waals surface area (Å²) in [5, 5.41) is 12.2. The van der Waals surface area contributed by atoms with Crippen LogP contribution in [0.5, 0.6) is 0 Å². The molecule has 1 aliphatic rings. The second-order valence-corrected chi connectivity index (χ2v) is 5.80. The monoisotopic (exact) mass is 312 g/mol. The average Bonchev–Trinajstić information content (AvgIpc) is 2.26. The largest absolute Gasteiger partial charge is 0.481 e. The van der Waals surface area contributed by atoms with E-state index in [-0.39, 0.29) is 12.0 Å². The normalized spacial score (nSPS) is 17.5. The number of carboxylic acids is 1. The summed E-state index contributed by atoms with van der Waals surface area (Å²) in [5.41, 5.74) is 0.955. The summed E-state index contributed by atoms with van der Waals surface area (Å²) in [7, 11) is 1.99. The van der Waals surface area contributed by atoms with Crippen LogP contribution in [0.15, 0.2) is 28.7 Å². The molecule has 1 aromatic rings. The number of likely N-dealkylation sites (N-methyl/N-ethyl adjacent to an activating group) is 1. The van der Waals surface area contributed by atoms with Gasteiger partial charge in [0, 0.05) is 24.1 Å². The van der Waals surface area contributed by atoms with Gasteiger partial charge in [-0.15, -0.1) is 0 Å². The maximum absolute atomic E-state index is 10.9. The Morgan fingerprint density at radius 2 is 2.06 bits per heavy atom. The second kappa shape index (κ2) is 5.38. The Labute approximate surface area is 115 Å². The van der Waals surface area contributed by atoms with E-state index in [0.29, 0.717) is 0 Å². The van der Waals surface area contributed by atoms with Gasteiger partial charge in [-0.25, -0.2) is 0 Å². The minimum Gasteiger partial charge on any atom is -0.481 e. The lowest BCUT2D eigenvalue weighted by Gasteiger charge is -2.48. The van der Waals surface area contributed by atoms with Crippen LogP contribution in [0, 0.1) is 0 Å². The van der Waals surface area contributed by atoms with E-state index in [9.17, 15) is 4.79 Å². The Balaban J connectivity index is 2.03. The van der Waals surface area contributed by atoms with Gasteiger partial charge in [-0.2, -0.15) is 0 Å². The van der Waals surface area contributed by atoms with Crippen molar-refractivity contribution in [2.24, 2.45) is 0 Å². The Kier molecular flexibility index (Phi) is 4.04. The number of rotatable bonds is 5. The Morgan fingerprint density at radius 1 is 1.44 bits per heavy atom. The van der Waals surface area contributed by atoms with Gasteiger partial charge in [0.25, 0.3) is 0 Å². The molecule has 1 heterocycles. The van der Waals surface area contributed by atoms with Gasteiger partial charge in [0.2, 0.25) is 0 Å². The quantitative estimate of drug-likeness (QED) is 0.869. The maximum Gasteiger partial charge on any atom is 0.305 e. The van der Waals surface area contributed by atoms with Gasteiger partial charge in [-0.3, -0.25) is 9.69 Å². The first kappa shape index (κ1) is 13.5. The number of nitrogens with one attached hydrogen (secondary N) is 1. The number of aliphatic carboxylic acids is 1.